The Kier molecular flexibility index (Phi) is 4.70. The van der Waals surface area contributed by atoms with Crippen LogP contribution in [0.3, 0.4) is 0 Å². The molecule has 5 nitrogen and oxygen atoms in total. The molecular formula is C13H20N4OS2. The van der Waals surface area contributed by atoms with Gasteiger partial charge in [-0.2, -0.15) is 16.3 Å². The molecule has 0 aromatic carbocycles. The molecule has 0 amide bonds. The first-order valence-electron chi connectivity index (χ1n) is 6.64. The second kappa shape index (κ2) is 6.13. The largest absolute Gasteiger partial charge is 0.359 e. The second-order valence-electron chi connectivity index (χ2n) is 5.25. The van der Waals surface area contributed by atoms with Crippen LogP contribution >= 0.6 is 23.1 Å². The number of hydrogen-bond donors (Lipinski definition) is 1. The minimum Gasteiger partial charge on any atom is -0.359 e. The fourth-order valence-corrected chi connectivity index (χ4v) is 2.71. The van der Waals surface area contributed by atoms with E-state index in [1.165, 1.54) is 15.9 Å². The van der Waals surface area contributed by atoms with Gasteiger partial charge in [0.2, 0.25) is 10.1 Å². The number of nitrogens with zero attached hydrogens (tertiary/aromatic N) is 3. The van der Waals surface area contributed by atoms with Crippen molar-refractivity contribution in [1.29, 1.82) is 0 Å². The van der Waals surface area contributed by atoms with Crippen molar-refractivity contribution in [1.82, 2.24) is 14.6 Å². The fraction of sp³-hybridized carbons (Fsp3) is 0.615. The number of aromatic nitrogens is 3. The Labute approximate surface area is 126 Å². The van der Waals surface area contributed by atoms with E-state index in [9.17, 15) is 4.79 Å². The minimum atomic E-state index is -0.105. The van der Waals surface area contributed by atoms with E-state index in [1.54, 1.807) is 17.8 Å². The monoisotopic (exact) mass is 312 g/mol. The normalized spacial score (nSPS) is 12.0. The molecule has 0 radical (unpaired) electrons. The summed E-state index contributed by atoms with van der Waals surface area (Å²) < 4.78 is 1.50. The molecular weight excluding hydrogens is 292 g/mol. The Morgan fingerprint density at radius 1 is 1.50 bits per heavy atom. The molecule has 0 aliphatic carbocycles. The first kappa shape index (κ1) is 15.3. The molecule has 0 unspecified atom stereocenters. The summed E-state index contributed by atoms with van der Waals surface area (Å²) in [5.41, 5.74) is 0.740. The smallest absolute Gasteiger partial charge is 0.275 e. The third-order valence-electron chi connectivity index (χ3n) is 3.02. The molecule has 0 fully saturated rings. The van der Waals surface area contributed by atoms with E-state index in [0.29, 0.717) is 4.96 Å². The van der Waals surface area contributed by atoms with Crippen molar-refractivity contribution in [2.45, 2.75) is 38.4 Å². The van der Waals surface area contributed by atoms with Crippen molar-refractivity contribution >= 4 is 33.2 Å². The van der Waals surface area contributed by atoms with Gasteiger partial charge in [0.25, 0.3) is 5.56 Å². The number of nitrogens with one attached hydrogen (secondary N) is 1. The molecule has 0 atom stereocenters. The number of thioether (sulfide) groups is 1. The van der Waals surface area contributed by atoms with Gasteiger partial charge in [0.1, 0.15) is 0 Å². The molecule has 2 aromatic rings. The van der Waals surface area contributed by atoms with E-state index >= 15 is 0 Å². The van der Waals surface area contributed by atoms with E-state index in [-0.39, 0.29) is 10.3 Å². The first-order valence-corrected chi connectivity index (χ1v) is 8.68. The van der Waals surface area contributed by atoms with Gasteiger partial charge in [0, 0.05) is 23.1 Å². The summed E-state index contributed by atoms with van der Waals surface area (Å²) in [6, 6.07) is 1.58. The van der Waals surface area contributed by atoms with Gasteiger partial charge in [-0.3, -0.25) is 4.79 Å². The molecule has 7 heteroatoms. The number of aryl methyl sites for hydroxylation is 1. The van der Waals surface area contributed by atoms with E-state index < -0.39 is 0 Å². The van der Waals surface area contributed by atoms with Crippen molar-refractivity contribution in [2.24, 2.45) is 0 Å². The molecule has 0 saturated heterocycles. The standard InChI is InChI=1S/C13H20N4OS2/c1-5-6-9-7-10(18)17-12(15-9)20-11(16-17)14-8-13(2,3)19-4/h7H,5-6,8H2,1-4H3,(H,14,16). The van der Waals surface area contributed by atoms with Crippen LogP contribution in [0.25, 0.3) is 4.96 Å². The zero-order chi connectivity index (χ0) is 14.8. The van der Waals surface area contributed by atoms with E-state index in [0.717, 1.165) is 30.2 Å². The number of fused-ring (bicyclic) bond motifs is 1. The summed E-state index contributed by atoms with van der Waals surface area (Å²) >= 11 is 3.22. The van der Waals surface area contributed by atoms with Crippen LogP contribution in [-0.2, 0) is 6.42 Å². The summed E-state index contributed by atoms with van der Waals surface area (Å²) in [4.78, 5) is 17.1. The molecule has 0 spiro atoms. The highest BCUT2D eigenvalue weighted by molar-refractivity contribution is 7.99. The number of hydrogen-bond acceptors (Lipinski definition) is 6. The molecule has 2 rings (SSSR count). The molecule has 20 heavy (non-hydrogen) atoms. The highest BCUT2D eigenvalue weighted by atomic mass is 32.2. The summed E-state index contributed by atoms with van der Waals surface area (Å²) in [5, 5.41) is 8.32. The van der Waals surface area contributed by atoms with Gasteiger partial charge in [0.15, 0.2) is 0 Å². The minimum absolute atomic E-state index is 0.105. The highest BCUT2D eigenvalue weighted by Gasteiger charge is 2.17. The Bertz CT molecular complexity index is 647. The van der Waals surface area contributed by atoms with Crippen LogP contribution in [0.1, 0.15) is 32.9 Å². The second-order valence-corrected chi connectivity index (χ2v) is 7.72. The van der Waals surface area contributed by atoms with Crippen molar-refractivity contribution in [3.8, 4) is 0 Å². The fourth-order valence-electron chi connectivity index (χ4n) is 1.67. The Hall–Kier alpha value is -1.08. The van der Waals surface area contributed by atoms with E-state index in [2.05, 4.69) is 42.4 Å². The lowest BCUT2D eigenvalue weighted by Gasteiger charge is -2.21. The van der Waals surface area contributed by atoms with Crippen LogP contribution in [0.5, 0.6) is 0 Å². The van der Waals surface area contributed by atoms with Gasteiger partial charge in [0.05, 0.1) is 0 Å². The topological polar surface area (TPSA) is 59.3 Å². The first-order chi connectivity index (χ1) is 9.45. The lowest BCUT2D eigenvalue weighted by Crippen LogP contribution is -2.26. The average Bonchev–Trinajstić information content (AvgIpc) is 2.81. The molecule has 0 aliphatic rings. The lowest BCUT2D eigenvalue weighted by atomic mass is 10.2. The van der Waals surface area contributed by atoms with Gasteiger partial charge >= 0.3 is 0 Å². The van der Waals surface area contributed by atoms with Gasteiger partial charge in [-0.05, 0) is 26.5 Å². The van der Waals surface area contributed by atoms with Crippen LogP contribution in [0, 0.1) is 0 Å². The van der Waals surface area contributed by atoms with Crippen LogP contribution < -0.4 is 10.9 Å². The zero-order valence-corrected chi connectivity index (χ0v) is 13.9. The molecule has 110 valence electrons. The van der Waals surface area contributed by atoms with Crippen LogP contribution in [-0.4, -0.2) is 32.1 Å². The van der Waals surface area contributed by atoms with E-state index in [4.69, 9.17) is 0 Å². The van der Waals surface area contributed by atoms with E-state index in [1.807, 2.05) is 0 Å². The van der Waals surface area contributed by atoms with Crippen LogP contribution in [0.2, 0.25) is 0 Å². The summed E-state index contributed by atoms with van der Waals surface area (Å²) in [7, 11) is 0. The number of rotatable bonds is 6. The summed E-state index contributed by atoms with van der Waals surface area (Å²) in [5.74, 6) is 0. The Morgan fingerprint density at radius 3 is 2.90 bits per heavy atom. The van der Waals surface area contributed by atoms with Gasteiger partial charge in [-0.1, -0.05) is 24.7 Å². The third-order valence-corrected chi connectivity index (χ3v) is 5.14. The van der Waals surface area contributed by atoms with Gasteiger partial charge in [-0.25, -0.2) is 4.98 Å². The SMILES string of the molecule is CCCc1cc(=O)n2nc(NCC(C)(C)SC)sc2n1. The predicted molar refractivity (Wildman–Crippen MR) is 87.2 cm³/mol. The summed E-state index contributed by atoms with van der Waals surface area (Å²) in [6.07, 6.45) is 3.89. The van der Waals surface area contributed by atoms with Crippen molar-refractivity contribution < 1.29 is 0 Å². The molecule has 2 aromatic heterocycles. The lowest BCUT2D eigenvalue weighted by molar-refractivity contribution is 0.748. The van der Waals surface area contributed by atoms with Crippen molar-refractivity contribution in [3.63, 3.8) is 0 Å². The maximum atomic E-state index is 12.0. The Balaban J connectivity index is 2.25. The number of anilines is 1. The predicted octanol–water partition coefficient (Wildman–Crippen LogP) is 2.66. The quantitative estimate of drug-likeness (QED) is 0.888. The Morgan fingerprint density at radius 2 is 2.25 bits per heavy atom. The maximum absolute atomic E-state index is 12.0. The molecule has 0 aliphatic heterocycles. The molecule has 0 bridgehead atoms. The third kappa shape index (κ3) is 3.52. The van der Waals surface area contributed by atoms with Crippen molar-refractivity contribution in [2.75, 3.05) is 18.1 Å². The molecule has 2 heterocycles. The van der Waals surface area contributed by atoms with Crippen molar-refractivity contribution in [3.05, 3.63) is 22.1 Å². The van der Waals surface area contributed by atoms with Gasteiger partial charge in [-0.15, -0.1) is 5.10 Å². The van der Waals surface area contributed by atoms with Crippen LogP contribution in [0.4, 0.5) is 5.13 Å². The molecule has 1 N–H and O–H groups in total. The maximum Gasteiger partial charge on any atom is 0.275 e. The van der Waals surface area contributed by atoms with Crippen LogP contribution in [0.15, 0.2) is 10.9 Å². The zero-order valence-electron chi connectivity index (χ0n) is 12.3. The highest BCUT2D eigenvalue weighted by Crippen LogP contribution is 2.23. The average molecular weight is 312 g/mol. The molecule has 0 saturated carbocycles. The van der Waals surface area contributed by atoms with Gasteiger partial charge < -0.3 is 5.32 Å². The summed E-state index contributed by atoms with van der Waals surface area (Å²) in [6.45, 7) is 7.21.